The highest BCUT2D eigenvalue weighted by Crippen LogP contribution is 2.43. The molecule has 1 amide bonds. The van der Waals surface area contributed by atoms with Crippen LogP contribution in [-0.2, 0) is 9.59 Å². The van der Waals surface area contributed by atoms with Gasteiger partial charge in [-0.25, -0.2) is 4.39 Å². The average molecular weight is 382 g/mol. The monoisotopic (exact) mass is 382 g/mol. The fraction of sp³-hybridized carbons (Fsp3) is 0.238. The molecule has 0 spiro atoms. The predicted molar refractivity (Wildman–Crippen MR) is 104 cm³/mol. The van der Waals surface area contributed by atoms with Gasteiger partial charge < -0.3 is 10.6 Å². The summed E-state index contributed by atoms with van der Waals surface area (Å²) in [5.74, 6) is -1.04. The average Bonchev–Trinajstić information content (AvgIpc) is 3.15. The number of hydrogen-bond acceptors (Lipinski definition) is 4. The molecular formula is C21H19FN2O2S. The molecule has 138 valence electrons. The highest BCUT2D eigenvalue weighted by Gasteiger charge is 2.38. The van der Waals surface area contributed by atoms with Crippen LogP contribution in [0.5, 0.6) is 0 Å². The summed E-state index contributed by atoms with van der Waals surface area (Å²) in [6.07, 6.45) is 2.12. The summed E-state index contributed by atoms with van der Waals surface area (Å²) in [5.41, 5.74) is 3.24. The van der Waals surface area contributed by atoms with Crippen LogP contribution in [-0.4, -0.2) is 11.7 Å². The quantitative estimate of drug-likeness (QED) is 0.822. The van der Waals surface area contributed by atoms with Crippen LogP contribution >= 0.6 is 11.3 Å². The molecule has 0 saturated carbocycles. The van der Waals surface area contributed by atoms with Crippen molar-refractivity contribution in [1.29, 1.82) is 0 Å². The summed E-state index contributed by atoms with van der Waals surface area (Å²) >= 11 is 1.53. The van der Waals surface area contributed by atoms with Crippen molar-refractivity contribution >= 4 is 28.7 Å². The minimum absolute atomic E-state index is 0.0886. The minimum atomic E-state index is -0.414. The third kappa shape index (κ3) is 3.32. The van der Waals surface area contributed by atoms with E-state index >= 15 is 0 Å². The first kappa shape index (κ1) is 17.7. The molecular weight excluding hydrogens is 363 g/mol. The van der Waals surface area contributed by atoms with E-state index < -0.39 is 5.82 Å². The topological polar surface area (TPSA) is 58.2 Å². The molecule has 4 rings (SSSR count). The summed E-state index contributed by atoms with van der Waals surface area (Å²) in [6, 6.07) is 9.68. The molecule has 1 aliphatic heterocycles. The van der Waals surface area contributed by atoms with Crippen LogP contribution in [0.4, 0.5) is 10.1 Å². The molecule has 0 unspecified atom stereocenters. The number of anilines is 1. The third-order valence-electron chi connectivity index (χ3n) is 4.93. The Hall–Kier alpha value is -2.73. The van der Waals surface area contributed by atoms with Gasteiger partial charge in [0.1, 0.15) is 5.82 Å². The highest BCUT2D eigenvalue weighted by molar-refractivity contribution is 7.10. The number of carbonyl (C=O) groups excluding carboxylic acids is 2. The molecule has 2 N–H and O–H groups in total. The third-order valence-corrected chi connectivity index (χ3v) is 5.87. The molecule has 6 heteroatoms. The summed E-state index contributed by atoms with van der Waals surface area (Å²) in [6.45, 7) is 1.85. The van der Waals surface area contributed by atoms with E-state index in [1.807, 2.05) is 24.4 Å². The first-order valence-electron chi connectivity index (χ1n) is 8.89. The van der Waals surface area contributed by atoms with Gasteiger partial charge in [0.25, 0.3) is 5.91 Å². The number of Topliss-reactive ketones (excluding diaryl/α,β-unsaturated/α-hetero) is 1. The van der Waals surface area contributed by atoms with E-state index in [0.717, 1.165) is 29.1 Å². The van der Waals surface area contributed by atoms with Gasteiger partial charge >= 0.3 is 0 Å². The Morgan fingerprint density at radius 2 is 2.11 bits per heavy atom. The van der Waals surface area contributed by atoms with Gasteiger partial charge in [-0.05, 0) is 49.4 Å². The molecule has 1 aliphatic carbocycles. The van der Waals surface area contributed by atoms with Crippen LogP contribution in [0.3, 0.4) is 0 Å². The van der Waals surface area contributed by atoms with Gasteiger partial charge in [-0.2, -0.15) is 0 Å². The van der Waals surface area contributed by atoms with Crippen molar-refractivity contribution in [3.8, 4) is 0 Å². The van der Waals surface area contributed by atoms with Crippen molar-refractivity contribution in [2.24, 2.45) is 0 Å². The van der Waals surface area contributed by atoms with Gasteiger partial charge in [-0.3, -0.25) is 9.59 Å². The van der Waals surface area contributed by atoms with E-state index in [9.17, 15) is 14.0 Å². The van der Waals surface area contributed by atoms with E-state index in [1.54, 1.807) is 12.1 Å². The van der Waals surface area contributed by atoms with Gasteiger partial charge in [0.15, 0.2) is 5.78 Å². The molecule has 2 aliphatic rings. The molecule has 1 atom stereocenters. The summed E-state index contributed by atoms with van der Waals surface area (Å²) in [7, 11) is 0. The number of carbonyl (C=O) groups is 2. The lowest BCUT2D eigenvalue weighted by atomic mass is 9.77. The van der Waals surface area contributed by atoms with Gasteiger partial charge in [-0.1, -0.05) is 12.1 Å². The van der Waals surface area contributed by atoms with Crippen molar-refractivity contribution in [2.45, 2.75) is 32.1 Å². The highest BCUT2D eigenvalue weighted by atomic mass is 32.1. The van der Waals surface area contributed by atoms with Gasteiger partial charge in [-0.15, -0.1) is 11.3 Å². The lowest BCUT2D eigenvalue weighted by Gasteiger charge is -2.33. The number of ketones is 1. The van der Waals surface area contributed by atoms with Crippen molar-refractivity contribution < 1.29 is 14.0 Å². The molecule has 1 aromatic heterocycles. The summed E-state index contributed by atoms with van der Waals surface area (Å²) < 4.78 is 13.5. The molecule has 27 heavy (non-hydrogen) atoms. The normalized spacial score (nSPS) is 19.6. The zero-order valence-corrected chi connectivity index (χ0v) is 15.7. The fourth-order valence-corrected chi connectivity index (χ4v) is 4.63. The zero-order valence-electron chi connectivity index (χ0n) is 14.8. The Morgan fingerprint density at radius 3 is 2.85 bits per heavy atom. The molecule has 0 fully saturated rings. The van der Waals surface area contributed by atoms with Crippen molar-refractivity contribution in [3.63, 3.8) is 0 Å². The zero-order chi connectivity index (χ0) is 19.0. The van der Waals surface area contributed by atoms with Crippen LogP contribution in [0.1, 0.15) is 37.0 Å². The van der Waals surface area contributed by atoms with Gasteiger partial charge in [0.05, 0.1) is 5.92 Å². The van der Waals surface area contributed by atoms with E-state index in [4.69, 9.17) is 0 Å². The predicted octanol–water partition coefficient (Wildman–Crippen LogP) is 4.49. The maximum atomic E-state index is 13.5. The lowest BCUT2D eigenvalue weighted by molar-refractivity contribution is -0.116. The standard InChI is InChI=1S/C21H19FN2O2S/c1-12-18(21(26)24-14-6-2-5-13(22)11-14)20(17-9-4-10-27-17)19-15(23-12)7-3-8-16(19)25/h2,4-6,9-11,20,23H,3,7-8H2,1H3,(H,24,26)/t20-/m1/s1. The van der Waals surface area contributed by atoms with Crippen LogP contribution < -0.4 is 10.6 Å². The Labute approximate surface area is 160 Å². The smallest absolute Gasteiger partial charge is 0.254 e. The van der Waals surface area contributed by atoms with Crippen molar-refractivity contribution in [3.05, 3.63) is 75.0 Å². The first-order chi connectivity index (χ1) is 13.0. The van der Waals surface area contributed by atoms with Crippen LogP contribution in [0.25, 0.3) is 0 Å². The Morgan fingerprint density at radius 1 is 1.26 bits per heavy atom. The SMILES string of the molecule is CC1=C(C(=O)Nc2cccc(F)c2)[C@@H](c2cccs2)C2=C(CCCC2=O)N1. The Bertz CT molecular complexity index is 976. The Kier molecular flexibility index (Phi) is 4.66. The Balaban J connectivity index is 1.75. The number of amides is 1. The van der Waals surface area contributed by atoms with Gasteiger partial charge in [0, 0.05) is 39.5 Å². The van der Waals surface area contributed by atoms with Gasteiger partial charge in [0.2, 0.25) is 0 Å². The van der Waals surface area contributed by atoms with Crippen LogP contribution in [0.2, 0.25) is 0 Å². The number of nitrogens with one attached hydrogen (secondary N) is 2. The van der Waals surface area contributed by atoms with E-state index in [-0.39, 0.29) is 17.6 Å². The van der Waals surface area contributed by atoms with E-state index in [0.29, 0.717) is 23.3 Å². The molecule has 2 aromatic rings. The van der Waals surface area contributed by atoms with E-state index in [2.05, 4.69) is 10.6 Å². The van der Waals surface area contributed by atoms with E-state index in [1.165, 1.54) is 23.5 Å². The minimum Gasteiger partial charge on any atom is -0.362 e. The number of allylic oxidation sites excluding steroid dienone is 3. The number of benzene rings is 1. The van der Waals surface area contributed by atoms with Crippen LogP contribution in [0.15, 0.2) is 64.3 Å². The largest absolute Gasteiger partial charge is 0.362 e. The molecule has 0 saturated heterocycles. The van der Waals surface area contributed by atoms with Crippen molar-refractivity contribution in [2.75, 3.05) is 5.32 Å². The summed E-state index contributed by atoms with van der Waals surface area (Å²) in [5, 5.41) is 8.00. The number of dihydropyridines is 1. The molecule has 4 nitrogen and oxygen atoms in total. The molecule has 1 aromatic carbocycles. The molecule has 0 bridgehead atoms. The maximum Gasteiger partial charge on any atom is 0.254 e. The number of rotatable bonds is 3. The fourth-order valence-electron chi connectivity index (χ4n) is 3.79. The van der Waals surface area contributed by atoms with Crippen molar-refractivity contribution in [1.82, 2.24) is 5.32 Å². The molecule has 0 radical (unpaired) electrons. The second-order valence-corrected chi connectivity index (χ2v) is 7.72. The lowest BCUT2D eigenvalue weighted by Crippen LogP contribution is -2.35. The number of halogens is 1. The number of hydrogen-bond donors (Lipinski definition) is 2. The number of thiophene rings is 1. The second-order valence-electron chi connectivity index (χ2n) is 6.75. The van der Waals surface area contributed by atoms with Crippen LogP contribution in [0, 0.1) is 5.82 Å². The summed E-state index contributed by atoms with van der Waals surface area (Å²) in [4.78, 5) is 26.8. The first-order valence-corrected chi connectivity index (χ1v) is 9.77. The molecule has 2 heterocycles. The second kappa shape index (κ2) is 7.12. The maximum absolute atomic E-state index is 13.5.